The molecule has 0 saturated heterocycles. The summed E-state index contributed by atoms with van der Waals surface area (Å²) in [6, 6.07) is 9.16. The summed E-state index contributed by atoms with van der Waals surface area (Å²) < 4.78 is 55.2. The Morgan fingerprint density at radius 1 is 1.08 bits per heavy atom. The summed E-state index contributed by atoms with van der Waals surface area (Å²) in [5.74, 6) is -2.30. The van der Waals surface area contributed by atoms with Crippen LogP contribution >= 0.6 is 0 Å². The average molecular weight is 363 g/mol. The first-order valence-electron chi connectivity index (χ1n) is 7.42. The quantitative estimate of drug-likeness (QED) is 0.757. The van der Waals surface area contributed by atoms with Crippen molar-refractivity contribution >= 4 is 10.0 Å². The van der Waals surface area contributed by atoms with E-state index >= 15 is 0 Å². The molecular weight excluding hydrogens is 348 g/mol. The molecular formula is C17H15F2N3O2S. The minimum absolute atomic E-state index is 0.326. The Morgan fingerprint density at radius 3 is 2.40 bits per heavy atom. The van der Waals surface area contributed by atoms with E-state index in [-0.39, 0.29) is 4.90 Å². The lowest BCUT2D eigenvalue weighted by Gasteiger charge is -2.15. The van der Waals surface area contributed by atoms with Crippen molar-refractivity contribution in [2.24, 2.45) is 0 Å². The predicted octanol–water partition coefficient (Wildman–Crippen LogP) is 3.19. The number of nitrogens with zero attached hydrogens (tertiary/aromatic N) is 2. The number of imidazole rings is 1. The van der Waals surface area contributed by atoms with Gasteiger partial charge >= 0.3 is 0 Å². The van der Waals surface area contributed by atoms with Gasteiger partial charge in [0.15, 0.2) is 11.6 Å². The third kappa shape index (κ3) is 3.75. The zero-order valence-electron chi connectivity index (χ0n) is 13.2. The molecule has 1 aromatic heterocycles. The third-order valence-electron chi connectivity index (χ3n) is 3.73. The molecule has 0 aliphatic rings. The normalized spacial score (nSPS) is 12.9. The fraction of sp³-hybridized carbons (Fsp3) is 0.118. The van der Waals surface area contributed by atoms with Crippen LogP contribution in [0.5, 0.6) is 0 Å². The van der Waals surface area contributed by atoms with Crippen LogP contribution in [0.2, 0.25) is 0 Å². The molecule has 3 aromatic rings. The van der Waals surface area contributed by atoms with Gasteiger partial charge in [-0.3, -0.25) is 0 Å². The molecule has 0 radical (unpaired) electrons. The van der Waals surface area contributed by atoms with Gasteiger partial charge in [0.1, 0.15) is 0 Å². The van der Waals surface area contributed by atoms with Gasteiger partial charge in [0.05, 0.1) is 11.2 Å². The van der Waals surface area contributed by atoms with Crippen LogP contribution < -0.4 is 4.72 Å². The molecule has 1 N–H and O–H groups in total. The van der Waals surface area contributed by atoms with Gasteiger partial charge in [-0.15, -0.1) is 0 Å². The van der Waals surface area contributed by atoms with Gasteiger partial charge in [0.2, 0.25) is 10.0 Å². The topological polar surface area (TPSA) is 64.0 Å². The molecule has 3 rings (SSSR count). The Hall–Kier alpha value is -2.58. The van der Waals surface area contributed by atoms with Crippen LogP contribution in [0, 0.1) is 11.6 Å². The zero-order chi connectivity index (χ0) is 18.0. The lowest BCUT2D eigenvalue weighted by molar-refractivity contribution is 0.503. The molecule has 0 fully saturated rings. The number of nitrogens with one attached hydrogen (secondary N) is 1. The second-order valence-corrected chi connectivity index (χ2v) is 7.19. The summed E-state index contributed by atoms with van der Waals surface area (Å²) in [5.41, 5.74) is 1.62. The maximum absolute atomic E-state index is 13.3. The first-order valence-corrected chi connectivity index (χ1v) is 8.91. The molecule has 1 heterocycles. The summed E-state index contributed by atoms with van der Waals surface area (Å²) in [7, 11) is -3.97. The van der Waals surface area contributed by atoms with E-state index in [0.717, 1.165) is 23.4 Å². The Labute approximate surface area is 144 Å². The van der Waals surface area contributed by atoms with Gasteiger partial charge in [0, 0.05) is 24.1 Å². The molecule has 0 aliphatic heterocycles. The summed E-state index contributed by atoms with van der Waals surface area (Å²) in [5, 5.41) is 0. The van der Waals surface area contributed by atoms with E-state index in [4.69, 9.17) is 0 Å². The molecule has 0 bridgehead atoms. The minimum Gasteiger partial charge on any atom is -0.306 e. The minimum atomic E-state index is -3.97. The Kier molecular flexibility index (Phi) is 4.65. The van der Waals surface area contributed by atoms with Gasteiger partial charge < -0.3 is 4.57 Å². The van der Waals surface area contributed by atoms with E-state index in [2.05, 4.69) is 9.71 Å². The Balaban J connectivity index is 1.78. The molecule has 0 aliphatic carbocycles. The zero-order valence-corrected chi connectivity index (χ0v) is 14.0. The van der Waals surface area contributed by atoms with Gasteiger partial charge in [-0.25, -0.2) is 26.9 Å². The van der Waals surface area contributed by atoms with E-state index < -0.39 is 27.7 Å². The van der Waals surface area contributed by atoms with Gasteiger partial charge in [0.25, 0.3) is 0 Å². The van der Waals surface area contributed by atoms with Crippen molar-refractivity contribution in [2.45, 2.75) is 17.9 Å². The van der Waals surface area contributed by atoms with Crippen LogP contribution in [0.25, 0.3) is 5.69 Å². The second-order valence-electron chi connectivity index (χ2n) is 5.48. The molecule has 8 heteroatoms. The lowest BCUT2D eigenvalue weighted by atomic mass is 10.1. The highest BCUT2D eigenvalue weighted by atomic mass is 32.2. The van der Waals surface area contributed by atoms with Crippen molar-refractivity contribution < 1.29 is 17.2 Å². The van der Waals surface area contributed by atoms with Crippen molar-refractivity contribution in [1.29, 1.82) is 0 Å². The monoisotopic (exact) mass is 363 g/mol. The first-order chi connectivity index (χ1) is 11.9. The van der Waals surface area contributed by atoms with Crippen LogP contribution in [0.3, 0.4) is 0 Å². The number of sulfonamides is 1. The van der Waals surface area contributed by atoms with E-state index in [1.807, 2.05) is 16.7 Å². The van der Waals surface area contributed by atoms with Crippen molar-refractivity contribution in [3.05, 3.63) is 78.4 Å². The van der Waals surface area contributed by atoms with Crippen LogP contribution in [0.1, 0.15) is 18.5 Å². The molecule has 25 heavy (non-hydrogen) atoms. The number of aromatic nitrogens is 2. The maximum Gasteiger partial charge on any atom is 0.241 e. The highest BCUT2D eigenvalue weighted by molar-refractivity contribution is 7.89. The molecule has 2 aromatic carbocycles. The molecule has 5 nitrogen and oxygen atoms in total. The number of rotatable bonds is 5. The number of hydrogen-bond donors (Lipinski definition) is 1. The molecule has 0 amide bonds. The molecule has 130 valence electrons. The number of halogens is 2. The van der Waals surface area contributed by atoms with Gasteiger partial charge in [-0.2, -0.15) is 0 Å². The fourth-order valence-corrected chi connectivity index (χ4v) is 3.60. The largest absolute Gasteiger partial charge is 0.306 e. The lowest BCUT2D eigenvalue weighted by Crippen LogP contribution is -2.27. The van der Waals surface area contributed by atoms with E-state index in [1.54, 1.807) is 37.8 Å². The molecule has 0 saturated carbocycles. The van der Waals surface area contributed by atoms with Crippen LogP contribution in [-0.4, -0.2) is 18.0 Å². The van der Waals surface area contributed by atoms with Gasteiger partial charge in [-0.1, -0.05) is 12.1 Å². The van der Waals surface area contributed by atoms with Crippen molar-refractivity contribution in [2.75, 3.05) is 0 Å². The Bertz CT molecular complexity index is 972. The molecule has 0 unspecified atom stereocenters. The average Bonchev–Trinajstić information content (AvgIpc) is 3.11. The Morgan fingerprint density at radius 2 is 1.80 bits per heavy atom. The van der Waals surface area contributed by atoms with E-state index in [9.17, 15) is 17.2 Å². The highest BCUT2D eigenvalue weighted by Crippen LogP contribution is 2.20. The van der Waals surface area contributed by atoms with Crippen LogP contribution in [0.4, 0.5) is 8.78 Å². The van der Waals surface area contributed by atoms with Crippen molar-refractivity contribution in [3.8, 4) is 5.69 Å². The first kappa shape index (κ1) is 17.2. The summed E-state index contributed by atoms with van der Waals surface area (Å²) in [6.45, 7) is 1.67. The third-order valence-corrected chi connectivity index (χ3v) is 5.27. The van der Waals surface area contributed by atoms with Crippen LogP contribution in [-0.2, 0) is 10.0 Å². The fourth-order valence-electron chi connectivity index (χ4n) is 2.36. The van der Waals surface area contributed by atoms with Crippen molar-refractivity contribution in [3.63, 3.8) is 0 Å². The predicted molar refractivity (Wildman–Crippen MR) is 88.7 cm³/mol. The molecule has 0 spiro atoms. The van der Waals surface area contributed by atoms with E-state index in [0.29, 0.717) is 6.07 Å². The van der Waals surface area contributed by atoms with Gasteiger partial charge in [-0.05, 0) is 42.8 Å². The van der Waals surface area contributed by atoms with E-state index in [1.165, 1.54) is 0 Å². The SMILES string of the molecule is C[C@H](NS(=O)(=O)c1ccc(F)c(F)c1)c1ccc(-n2ccnc2)cc1. The highest BCUT2D eigenvalue weighted by Gasteiger charge is 2.20. The number of benzene rings is 2. The maximum atomic E-state index is 13.3. The summed E-state index contributed by atoms with van der Waals surface area (Å²) >= 11 is 0. The smallest absolute Gasteiger partial charge is 0.241 e. The molecule has 1 atom stereocenters. The van der Waals surface area contributed by atoms with Crippen LogP contribution in [0.15, 0.2) is 66.1 Å². The van der Waals surface area contributed by atoms with Crippen molar-refractivity contribution in [1.82, 2.24) is 14.3 Å². The standard InChI is InChI=1S/C17H15F2N3O2S/c1-12(13-2-4-14(5-3-13)22-9-8-20-11-22)21-25(23,24)15-6-7-16(18)17(19)10-15/h2-12,21H,1H3/t12-/m0/s1. The summed E-state index contributed by atoms with van der Waals surface area (Å²) in [4.78, 5) is 3.64. The second kappa shape index (κ2) is 6.73. The summed E-state index contributed by atoms with van der Waals surface area (Å²) in [6.07, 6.45) is 5.11. The number of hydrogen-bond acceptors (Lipinski definition) is 3.